The highest BCUT2D eigenvalue weighted by molar-refractivity contribution is 5.88. The van der Waals surface area contributed by atoms with Gasteiger partial charge in [-0.15, -0.1) is 0 Å². The minimum absolute atomic E-state index is 0.212. The number of aromatic nitrogens is 3. The van der Waals surface area contributed by atoms with Crippen LogP contribution in [-0.4, -0.2) is 38.3 Å². The molecule has 1 unspecified atom stereocenters. The van der Waals surface area contributed by atoms with Gasteiger partial charge >= 0.3 is 0 Å². The second-order valence-corrected chi connectivity index (χ2v) is 7.78. The van der Waals surface area contributed by atoms with Crippen molar-refractivity contribution in [2.24, 2.45) is 0 Å². The summed E-state index contributed by atoms with van der Waals surface area (Å²) in [7, 11) is 0. The van der Waals surface area contributed by atoms with Crippen molar-refractivity contribution in [3.63, 3.8) is 0 Å². The van der Waals surface area contributed by atoms with Gasteiger partial charge in [0.1, 0.15) is 5.65 Å². The summed E-state index contributed by atoms with van der Waals surface area (Å²) in [5, 5.41) is 1.14. The molecule has 3 aromatic heterocycles. The maximum absolute atomic E-state index is 13.0. The molecule has 5 nitrogen and oxygen atoms in total. The van der Waals surface area contributed by atoms with Crippen molar-refractivity contribution >= 4 is 22.5 Å². The molecule has 142 valence electrons. The number of amides is 1. The Morgan fingerprint density at radius 2 is 2.11 bits per heavy atom. The lowest BCUT2D eigenvalue weighted by atomic mass is 9.93. The van der Waals surface area contributed by atoms with Gasteiger partial charge in [-0.2, -0.15) is 0 Å². The monoisotopic (exact) mass is 372 g/mol. The third kappa shape index (κ3) is 2.97. The van der Waals surface area contributed by atoms with E-state index in [4.69, 9.17) is 0 Å². The van der Waals surface area contributed by atoms with E-state index in [-0.39, 0.29) is 5.91 Å². The number of imidazole rings is 1. The molecule has 0 saturated carbocycles. The average Bonchev–Trinajstić information content (AvgIpc) is 3.30. The van der Waals surface area contributed by atoms with Crippen LogP contribution < -0.4 is 0 Å². The predicted molar refractivity (Wildman–Crippen MR) is 110 cm³/mol. The summed E-state index contributed by atoms with van der Waals surface area (Å²) < 4.78 is 2.19. The van der Waals surface area contributed by atoms with Crippen LogP contribution in [0.1, 0.15) is 35.7 Å². The number of hydrogen-bond donors (Lipinski definition) is 1. The highest BCUT2D eigenvalue weighted by Crippen LogP contribution is 2.28. The van der Waals surface area contributed by atoms with E-state index in [2.05, 4.69) is 38.8 Å². The maximum Gasteiger partial charge on any atom is 0.227 e. The number of H-pyrrole nitrogens is 1. The Morgan fingerprint density at radius 3 is 3.04 bits per heavy atom. The van der Waals surface area contributed by atoms with Gasteiger partial charge in [0.2, 0.25) is 5.91 Å². The first-order valence-corrected chi connectivity index (χ1v) is 9.96. The van der Waals surface area contributed by atoms with Crippen molar-refractivity contribution in [3.8, 4) is 0 Å². The molecule has 1 fully saturated rings. The molecular formula is C23H24N4O. The van der Waals surface area contributed by atoms with Gasteiger partial charge in [0.05, 0.1) is 12.1 Å². The molecule has 0 bridgehead atoms. The summed E-state index contributed by atoms with van der Waals surface area (Å²) in [4.78, 5) is 22.9. The standard InChI is InChI=1S/C23H24N4O/c1-16-14-27-21(9-4-10-22(27)25-16)17-6-5-11-26(15-17)23(28)12-18-13-24-20-8-3-2-7-19(18)20/h2-4,7-10,13-14,17,24H,5-6,11-12,15H2,1H3. The molecule has 0 radical (unpaired) electrons. The zero-order chi connectivity index (χ0) is 19.1. The van der Waals surface area contributed by atoms with Gasteiger partial charge in [-0.25, -0.2) is 4.98 Å². The lowest BCUT2D eigenvalue weighted by Crippen LogP contribution is -2.40. The Kier molecular flexibility index (Phi) is 4.15. The molecule has 0 spiro atoms. The van der Waals surface area contributed by atoms with Crippen molar-refractivity contribution in [3.05, 3.63) is 71.8 Å². The number of para-hydroxylation sites is 1. The molecule has 1 aromatic carbocycles. The van der Waals surface area contributed by atoms with Crippen LogP contribution in [0.4, 0.5) is 0 Å². The van der Waals surface area contributed by atoms with Gasteiger partial charge in [0, 0.05) is 48.0 Å². The number of rotatable bonds is 3. The molecule has 1 saturated heterocycles. The summed E-state index contributed by atoms with van der Waals surface area (Å²) in [6.45, 7) is 3.64. The number of nitrogens with zero attached hydrogens (tertiary/aromatic N) is 3. The second-order valence-electron chi connectivity index (χ2n) is 7.78. The summed E-state index contributed by atoms with van der Waals surface area (Å²) in [6, 6.07) is 14.5. The van der Waals surface area contributed by atoms with Gasteiger partial charge in [0.25, 0.3) is 0 Å². The normalized spacial score (nSPS) is 17.5. The van der Waals surface area contributed by atoms with Crippen LogP contribution in [0.5, 0.6) is 0 Å². The number of carbonyl (C=O) groups excluding carboxylic acids is 1. The van der Waals surface area contributed by atoms with Crippen molar-refractivity contribution in [2.75, 3.05) is 13.1 Å². The Hall–Kier alpha value is -3.08. The van der Waals surface area contributed by atoms with Crippen molar-refractivity contribution < 1.29 is 4.79 Å². The first-order chi connectivity index (χ1) is 13.7. The van der Waals surface area contributed by atoms with E-state index in [1.165, 1.54) is 5.69 Å². The third-order valence-electron chi connectivity index (χ3n) is 5.85. The van der Waals surface area contributed by atoms with Gasteiger partial charge < -0.3 is 14.3 Å². The summed E-state index contributed by atoms with van der Waals surface area (Å²) in [5.74, 6) is 0.557. The molecule has 28 heavy (non-hydrogen) atoms. The number of aromatic amines is 1. The van der Waals surface area contributed by atoms with E-state index in [9.17, 15) is 4.79 Å². The molecule has 1 amide bonds. The van der Waals surface area contributed by atoms with Crippen LogP contribution in [0.3, 0.4) is 0 Å². The highest BCUT2D eigenvalue weighted by atomic mass is 16.2. The van der Waals surface area contributed by atoms with Crippen LogP contribution in [-0.2, 0) is 11.2 Å². The fourth-order valence-corrected chi connectivity index (χ4v) is 4.48. The van der Waals surface area contributed by atoms with Gasteiger partial charge in [-0.05, 0) is 43.5 Å². The molecule has 4 heterocycles. The van der Waals surface area contributed by atoms with Gasteiger partial charge in [-0.3, -0.25) is 4.79 Å². The zero-order valence-electron chi connectivity index (χ0n) is 16.1. The number of aryl methyl sites for hydroxylation is 1. The summed E-state index contributed by atoms with van der Waals surface area (Å²) in [6.07, 6.45) is 6.66. The second kappa shape index (κ2) is 6.82. The molecule has 1 aliphatic rings. The van der Waals surface area contributed by atoms with E-state index in [1.54, 1.807) is 0 Å². The third-order valence-corrected chi connectivity index (χ3v) is 5.85. The maximum atomic E-state index is 13.0. The Labute approximate surface area is 164 Å². The van der Waals surface area contributed by atoms with Gasteiger partial charge in [0.15, 0.2) is 0 Å². The van der Waals surface area contributed by atoms with E-state index in [0.717, 1.165) is 53.7 Å². The Bertz CT molecular complexity index is 1160. The number of piperidine rings is 1. The molecule has 1 N–H and O–H groups in total. The number of benzene rings is 1. The quantitative estimate of drug-likeness (QED) is 0.589. The van der Waals surface area contributed by atoms with E-state index in [1.807, 2.05) is 42.3 Å². The largest absolute Gasteiger partial charge is 0.361 e. The highest BCUT2D eigenvalue weighted by Gasteiger charge is 2.26. The molecule has 5 rings (SSSR count). The lowest BCUT2D eigenvalue weighted by Gasteiger charge is -2.33. The molecular weight excluding hydrogens is 348 g/mol. The van der Waals surface area contributed by atoms with Crippen LogP contribution in [0.2, 0.25) is 0 Å². The van der Waals surface area contributed by atoms with E-state index >= 15 is 0 Å². The SMILES string of the molecule is Cc1cn2c(C3CCCN(C(=O)Cc4c[nH]c5ccccc45)C3)cccc2n1. The fraction of sp³-hybridized carbons (Fsp3) is 0.304. The zero-order valence-corrected chi connectivity index (χ0v) is 16.1. The molecule has 4 aromatic rings. The first-order valence-electron chi connectivity index (χ1n) is 9.96. The van der Waals surface area contributed by atoms with Crippen LogP contribution >= 0.6 is 0 Å². The van der Waals surface area contributed by atoms with Crippen molar-refractivity contribution in [1.29, 1.82) is 0 Å². The molecule has 1 atom stereocenters. The number of hydrogen-bond acceptors (Lipinski definition) is 2. The number of carbonyl (C=O) groups is 1. The molecule has 0 aliphatic carbocycles. The average molecular weight is 372 g/mol. The number of nitrogens with one attached hydrogen (secondary N) is 1. The molecule has 5 heteroatoms. The van der Waals surface area contributed by atoms with E-state index in [0.29, 0.717) is 12.3 Å². The topological polar surface area (TPSA) is 53.4 Å². The fourth-order valence-electron chi connectivity index (χ4n) is 4.48. The Balaban J connectivity index is 1.37. The number of fused-ring (bicyclic) bond motifs is 2. The summed E-state index contributed by atoms with van der Waals surface area (Å²) in [5.41, 5.74) is 5.43. The smallest absolute Gasteiger partial charge is 0.227 e. The van der Waals surface area contributed by atoms with Crippen LogP contribution in [0, 0.1) is 6.92 Å². The van der Waals surface area contributed by atoms with Crippen LogP contribution in [0.15, 0.2) is 54.9 Å². The van der Waals surface area contributed by atoms with Crippen molar-refractivity contribution in [1.82, 2.24) is 19.3 Å². The van der Waals surface area contributed by atoms with Crippen molar-refractivity contribution in [2.45, 2.75) is 32.1 Å². The van der Waals surface area contributed by atoms with Gasteiger partial charge in [-0.1, -0.05) is 24.3 Å². The minimum Gasteiger partial charge on any atom is -0.361 e. The Morgan fingerprint density at radius 1 is 1.21 bits per heavy atom. The first kappa shape index (κ1) is 17.0. The lowest BCUT2D eigenvalue weighted by molar-refractivity contribution is -0.131. The number of likely N-dealkylation sites (tertiary alicyclic amines) is 1. The minimum atomic E-state index is 0.212. The molecule has 1 aliphatic heterocycles. The predicted octanol–water partition coefficient (Wildman–Crippen LogP) is 4.07. The van der Waals surface area contributed by atoms with Crippen LogP contribution in [0.25, 0.3) is 16.6 Å². The number of pyridine rings is 1. The summed E-state index contributed by atoms with van der Waals surface area (Å²) >= 11 is 0. The van der Waals surface area contributed by atoms with E-state index < -0.39 is 0 Å².